The predicted octanol–water partition coefficient (Wildman–Crippen LogP) is 2.93. The highest BCUT2D eigenvalue weighted by Crippen LogP contribution is 2.30. The van der Waals surface area contributed by atoms with E-state index in [0.717, 1.165) is 11.1 Å². The second-order valence-corrected chi connectivity index (χ2v) is 8.51. The van der Waals surface area contributed by atoms with Gasteiger partial charge in [0.15, 0.2) is 6.04 Å². The number of hydrogen-bond acceptors (Lipinski definition) is 4. The van der Waals surface area contributed by atoms with Gasteiger partial charge in [-0.15, -0.1) is 0 Å². The van der Waals surface area contributed by atoms with Crippen molar-refractivity contribution >= 4 is 11.9 Å². The van der Waals surface area contributed by atoms with Crippen molar-refractivity contribution in [1.82, 2.24) is 5.32 Å². The van der Waals surface area contributed by atoms with Crippen LogP contribution in [0.2, 0.25) is 0 Å². The number of hydrogen-bond donors (Lipinski definition) is 2. The van der Waals surface area contributed by atoms with E-state index in [1.807, 2.05) is 12.1 Å². The number of rotatable bonds is 4. The fourth-order valence-corrected chi connectivity index (χ4v) is 2.35. The molecule has 0 unspecified atom stereocenters. The molecule has 0 saturated heterocycles. The minimum absolute atomic E-state index is 0.123. The van der Waals surface area contributed by atoms with E-state index >= 15 is 0 Å². The molecule has 0 fully saturated rings. The van der Waals surface area contributed by atoms with Crippen LogP contribution in [0.5, 0.6) is 0 Å². The van der Waals surface area contributed by atoms with Gasteiger partial charge in [0, 0.05) is 5.56 Å². The van der Waals surface area contributed by atoms with Gasteiger partial charge in [0.2, 0.25) is 0 Å². The van der Waals surface area contributed by atoms with E-state index in [-0.39, 0.29) is 10.8 Å². The summed E-state index contributed by atoms with van der Waals surface area (Å²) in [6, 6.07) is 4.68. The van der Waals surface area contributed by atoms with Crippen molar-refractivity contribution in [3.05, 3.63) is 34.9 Å². The molecule has 1 amide bonds. The van der Waals surface area contributed by atoms with Crippen LogP contribution < -0.4 is 5.32 Å². The van der Waals surface area contributed by atoms with Gasteiger partial charge in [-0.05, 0) is 41.0 Å². The Balaban J connectivity index is 3.31. The van der Waals surface area contributed by atoms with Crippen molar-refractivity contribution in [2.45, 2.75) is 71.4 Å². The average Bonchev–Trinajstić information content (AvgIpc) is 2.49. The van der Waals surface area contributed by atoms with Crippen LogP contribution in [0.15, 0.2) is 18.2 Å². The summed E-state index contributed by atoms with van der Waals surface area (Å²) in [6.45, 7) is 14.0. The number of amides is 1. The fraction of sp³-hybridized carbons (Fsp3) is 0.600. The molecule has 140 valence electrons. The normalized spacial score (nSPS) is 14.6. The summed E-state index contributed by atoms with van der Waals surface area (Å²) in [5, 5.41) is 12.3. The van der Waals surface area contributed by atoms with Crippen molar-refractivity contribution < 1.29 is 19.4 Å². The molecule has 0 radical (unpaired) electrons. The smallest absolute Gasteiger partial charge is 0.331 e. The zero-order valence-electron chi connectivity index (χ0n) is 16.6. The molecule has 1 aromatic rings. The second kappa shape index (κ2) is 7.56. The largest absolute Gasteiger partial charge is 0.467 e. The molecule has 5 nitrogen and oxygen atoms in total. The predicted molar refractivity (Wildman–Crippen MR) is 98.8 cm³/mol. The van der Waals surface area contributed by atoms with Gasteiger partial charge in [0.1, 0.15) is 0 Å². The van der Waals surface area contributed by atoms with Gasteiger partial charge >= 0.3 is 5.97 Å². The molecule has 0 bridgehead atoms. The number of nitrogens with one attached hydrogen (secondary N) is 1. The summed E-state index contributed by atoms with van der Waals surface area (Å²) in [4.78, 5) is 24.5. The van der Waals surface area contributed by atoms with Crippen LogP contribution in [0.3, 0.4) is 0 Å². The molecular weight excluding hydrogens is 318 g/mol. The molecule has 0 aromatic heterocycles. The fourth-order valence-electron chi connectivity index (χ4n) is 2.35. The Morgan fingerprint density at radius 1 is 1.00 bits per heavy atom. The maximum absolute atomic E-state index is 12.7. The van der Waals surface area contributed by atoms with Gasteiger partial charge in [-0.2, -0.15) is 0 Å². The van der Waals surface area contributed by atoms with Crippen LogP contribution in [-0.2, 0) is 20.4 Å². The van der Waals surface area contributed by atoms with Crippen molar-refractivity contribution in [1.29, 1.82) is 0 Å². The molecule has 0 spiro atoms. The van der Waals surface area contributed by atoms with E-state index in [1.54, 1.807) is 0 Å². The van der Waals surface area contributed by atoms with Gasteiger partial charge in [-0.25, -0.2) is 4.79 Å². The number of carbonyl (C=O) groups is 2. The van der Waals surface area contributed by atoms with Crippen LogP contribution in [0.25, 0.3) is 0 Å². The zero-order chi connectivity index (χ0) is 19.6. The summed E-state index contributed by atoms with van der Waals surface area (Å²) >= 11 is 0. The van der Waals surface area contributed by atoms with Crippen LogP contribution in [0, 0.1) is 0 Å². The van der Waals surface area contributed by atoms with Crippen molar-refractivity contribution in [3.63, 3.8) is 0 Å². The van der Waals surface area contributed by atoms with Gasteiger partial charge in [-0.1, -0.05) is 47.6 Å². The standard InChI is InChI=1S/C20H31NO4/c1-12(22)16(18(24)25-8)21-17(23)13-9-14(19(2,3)4)11-15(10-13)20(5,6)7/h9-12,16,22H,1-8H3,(H,21,23)/t12-,16+/m1/s1. The number of aliphatic hydroxyl groups is 1. The molecule has 0 aliphatic heterocycles. The van der Waals surface area contributed by atoms with Crippen LogP contribution in [0.4, 0.5) is 0 Å². The third-order valence-electron chi connectivity index (χ3n) is 4.15. The molecule has 1 aromatic carbocycles. The van der Waals surface area contributed by atoms with Crippen LogP contribution >= 0.6 is 0 Å². The molecule has 5 heteroatoms. The summed E-state index contributed by atoms with van der Waals surface area (Å²) in [5.41, 5.74) is 2.30. The first kappa shape index (κ1) is 21.2. The van der Waals surface area contributed by atoms with Crippen LogP contribution in [-0.4, -0.2) is 36.2 Å². The number of methoxy groups -OCH3 is 1. The lowest BCUT2D eigenvalue weighted by molar-refractivity contribution is -0.145. The van der Waals surface area contributed by atoms with E-state index in [1.165, 1.54) is 14.0 Å². The van der Waals surface area contributed by atoms with Gasteiger partial charge in [0.05, 0.1) is 13.2 Å². The van der Waals surface area contributed by atoms with E-state index in [0.29, 0.717) is 5.56 Å². The highest BCUT2D eigenvalue weighted by molar-refractivity contribution is 5.97. The van der Waals surface area contributed by atoms with Crippen molar-refractivity contribution in [2.24, 2.45) is 0 Å². The SMILES string of the molecule is COC(=O)[C@@H](NC(=O)c1cc(C(C)(C)C)cc(C(C)(C)C)c1)[C@@H](C)O. The molecular formula is C20H31NO4. The maximum Gasteiger partial charge on any atom is 0.331 e. The van der Waals surface area contributed by atoms with Gasteiger partial charge in [-0.3, -0.25) is 4.79 Å². The minimum Gasteiger partial charge on any atom is -0.467 e. The Kier molecular flexibility index (Phi) is 6.40. The molecule has 2 atom stereocenters. The summed E-state index contributed by atoms with van der Waals surface area (Å²) in [7, 11) is 1.22. The lowest BCUT2D eigenvalue weighted by atomic mass is 9.79. The molecule has 25 heavy (non-hydrogen) atoms. The first-order chi connectivity index (χ1) is 11.3. The third-order valence-corrected chi connectivity index (χ3v) is 4.15. The zero-order valence-corrected chi connectivity index (χ0v) is 16.6. The Morgan fingerprint density at radius 2 is 1.44 bits per heavy atom. The molecule has 2 N–H and O–H groups in total. The lowest BCUT2D eigenvalue weighted by Crippen LogP contribution is -2.48. The Hall–Kier alpha value is -1.88. The number of aliphatic hydroxyl groups excluding tert-OH is 1. The minimum atomic E-state index is -1.10. The monoisotopic (exact) mass is 349 g/mol. The second-order valence-electron chi connectivity index (χ2n) is 8.51. The van der Waals surface area contributed by atoms with E-state index < -0.39 is 24.0 Å². The average molecular weight is 349 g/mol. The Labute approximate surface area is 150 Å². The molecule has 1 rings (SSSR count). The first-order valence-corrected chi connectivity index (χ1v) is 8.50. The van der Waals surface area contributed by atoms with Gasteiger partial charge in [0.25, 0.3) is 5.91 Å². The third kappa shape index (κ3) is 5.56. The highest BCUT2D eigenvalue weighted by atomic mass is 16.5. The quantitative estimate of drug-likeness (QED) is 0.820. The van der Waals surface area contributed by atoms with Crippen molar-refractivity contribution in [2.75, 3.05) is 7.11 Å². The Bertz CT molecular complexity index is 604. The van der Waals surface area contributed by atoms with Crippen LogP contribution in [0.1, 0.15) is 70.0 Å². The number of ether oxygens (including phenoxy) is 1. The highest BCUT2D eigenvalue weighted by Gasteiger charge is 2.28. The van der Waals surface area contributed by atoms with E-state index in [2.05, 4.69) is 57.7 Å². The molecule has 0 aliphatic rings. The topological polar surface area (TPSA) is 75.6 Å². The van der Waals surface area contributed by atoms with Crippen molar-refractivity contribution in [3.8, 4) is 0 Å². The molecule has 0 heterocycles. The van der Waals surface area contributed by atoms with E-state index in [9.17, 15) is 14.7 Å². The number of benzene rings is 1. The maximum atomic E-state index is 12.7. The summed E-state index contributed by atoms with van der Waals surface area (Å²) < 4.78 is 4.65. The Morgan fingerprint density at radius 3 is 1.76 bits per heavy atom. The molecule has 0 aliphatic carbocycles. The first-order valence-electron chi connectivity index (χ1n) is 8.50. The van der Waals surface area contributed by atoms with Gasteiger partial charge < -0.3 is 15.2 Å². The molecule has 0 saturated carbocycles. The number of carbonyl (C=O) groups excluding carboxylic acids is 2. The lowest BCUT2D eigenvalue weighted by Gasteiger charge is -2.26. The summed E-state index contributed by atoms with van der Waals surface area (Å²) in [6.07, 6.45) is -1.05. The van der Waals surface area contributed by atoms with E-state index in [4.69, 9.17) is 0 Å². The summed E-state index contributed by atoms with van der Waals surface area (Å²) in [5.74, 6) is -1.08. The number of esters is 1.